The maximum absolute atomic E-state index is 12.7. The zero-order valence-corrected chi connectivity index (χ0v) is 43.3. The van der Waals surface area contributed by atoms with E-state index in [1.165, 1.54) is 212 Å². The van der Waals surface area contributed by atoms with Crippen LogP contribution in [0.25, 0.3) is 0 Å². The number of carbonyl (C=O) groups is 3. The summed E-state index contributed by atoms with van der Waals surface area (Å²) in [7, 11) is 0. The largest absolute Gasteiger partial charge is 0.462 e. The lowest BCUT2D eigenvalue weighted by Gasteiger charge is -2.18. The lowest BCUT2D eigenvalue weighted by Crippen LogP contribution is -2.30. The number of hydrogen-bond acceptors (Lipinski definition) is 6. The van der Waals surface area contributed by atoms with Crippen molar-refractivity contribution in [1.82, 2.24) is 0 Å². The topological polar surface area (TPSA) is 78.9 Å². The highest BCUT2D eigenvalue weighted by molar-refractivity contribution is 5.71. The van der Waals surface area contributed by atoms with Gasteiger partial charge in [-0.1, -0.05) is 277 Å². The van der Waals surface area contributed by atoms with E-state index in [0.717, 1.165) is 70.6 Å². The van der Waals surface area contributed by atoms with Gasteiger partial charge in [0.1, 0.15) is 13.2 Å². The van der Waals surface area contributed by atoms with Gasteiger partial charge in [0.25, 0.3) is 0 Å². The molecule has 6 nitrogen and oxygen atoms in total. The van der Waals surface area contributed by atoms with Crippen LogP contribution in [-0.4, -0.2) is 37.2 Å². The Morgan fingerprint density at radius 2 is 0.547 bits per heavy atom. The number of unbranched alkanes of at least 4 members (excludes halogenated alkanes) is 40. The van der Waals surface area contributed by atoms with E-state index in [9.17, 15) is 14.4 Å². The second kappa shape index (κ2) is 53.8. The molecule has 1 atom stereocenters. The highest BCUT2D eigenvalue weighted by Gasteiger charge is 2.19. The van der Waals surface area contributed by atoms with E-state index in [1.807, 2.05) is 0 Å². The second-order valence-corrected chi connectivity index (χ2v) is 19.6. The standard InChI is InChI=1S/C58H110O6/c1-4-7-10-13-16-18-20-21-22-23-24-25-26-27-28-29-30-31-32-33-34-35-36-37-38-40-42-45-48-51-57(60)63-54-55(53-62-56(59)50-47-44-41-15-12-9-6-3)64-58(61)52-49-46-43-39-19-17-14-11-8-5-2/h11,14,55H,4-10,12-13,15-54H2,1-3H3/b14-11-. The third-order valence-electron chi connectivity index (χ3n) is 13.0. The van der Waals surface area contributed by atoms with Gasteiger partial charge in [0.05, 0.1) is 0 Å². The summed E-state index contributed by atoms with van der Waals surface area (Å²) in [4.78, 5) is 37.7. The smallest absolute Gasteiger partial charge is 0.306 e. The first kappa shape index (κ1) is 62.1. The summed E-state index contributed by atoms with van der Waals surface area (Å²) in [6.07, 6.45) is 61.2. The van der Waals surface area contributed by atoms with Crippen LogP contribution in [0.1, 0.15) is 323 Å². The van der Waals surface area contributed by atoms with Gasteiger partial charge in [0.15, 0.2) is 6.10 Å². The number of esters is 3. The molecule has 0 heterocycles. The van der Waals surface area contributed by atoms with E-state index in [-0.39, 0.29) is 31.1 Å². The molecule has 378 valence electrons. The van der Waals surface area contributed by atoms with Crippen molar-refractivity contribution in [2.75, 3.05) is 13.2 Å². The van der Waals surface area contributed by atoms with Crippen molar-refractivity contribution in [3.63, 3.8) is 0 Å². The van der Waals surface area contributed by atoms with Crippen molar-refractivity contribution < 1.29 is 28.6 Å². The van der Waals surface area contributed by atoms with Crippen molar-refractivity contribution in [1.29, 1.82) is 0 Å². The average molecular weight is 904 g/mol. The Balaban J connectivity index is 3.91. The van der Waals surface area contributed by atoms with E-state index >= 15 is 0 Å². The van der Waals surface area contributed by atoms with Crippen LogP contribution in [0.5, 0.6) is 0 Å². The van der Waals surface area contributed by atoms with Crippen LogP contribution in [-0.2, 0) is 28.6 Å². The van der Waals surface area contributed by atoms with Gasteiger partial charge in [-0.25, -0.2) is 0 Å². The number of allylic oxidation sites excluding steroid dienone is 2. The molecule has 0 bridgehead atoms. The summed E-state index contributed by atoms with van der Waals surface area (Å²) in [6, 6.07) is 0. The number of rotatable bonds is 53. The third-order valence-corrected chi connectivity index (χ3v) is 13.0. The zero-order valence-electron chi connectivity index (χ0n) is 43.3. The molecule has 0 fully saturated rings. The van der Waals surface area contributed by atoms with Crippen LogP contribution in [0, 0.1) is 0 Å². The predicted molar refractivity (Wildman–Crippen MR) is 275 cm³/mol. The number of hydrogen-bond donors (Lipinski definition) is 0. The van der Waals surface area contributed by atoms with Crippen molar-refractivity contribution in [3.8, 4) is 0 Å². The molecule has 0 N–H and O–H groups in total. The first-order chi connectivity index (χ1) is 31.5. The van der Waals surface area contributed by atoms with Gasteiger partial charge in [0, 0.05) is 19.3 Å². The molecule has 0 aromatic heterocycles. The Hall–Kier alpha value is -1.85. The van der Waals surface area contributed by atoms with Gasteiger partial charge in [0.2, 0.25) is 0 Å². The number of ether oxygens (including phenoxy) is 3. The van der Waals surface area contributed by atoms with Crippen molar-refractivity contribution in [2.24, 2.45) is 0 Å². The van der Waals surface area contributed by atoms with Crippen LogP contribution >= 0.6 is 0 Å². The van der Waals surface area contributed by atoms with E-state index in [0.29, 0.717) is 19.3 Å². The van der Waals surface area contributed by atoms with Crippen molar-refractivity contribution in [3.05, 3.63) is 12.2 Å². The normalized spacial score (nSPS) is 12.0. The average Bonchev–Trinajstić information content (AvgIpc) is 3.29. The highest BCUT2D eigenvalue weighted by atomic mass is 16.6. The minimum atomic E-state index is -0.766. The Labute approximate surface area is 399 Å². The monoisotopic (exact) mass is 903 g/mol. The molecule has 0 saturated carbocycles. The first-order valence-electron chi connectivity index (χ1n) is 28.7. The fraction of sp³-hybridized carbons (Fsp3) is 0.914. The molecule has 6 heteroatoms. The first-order valence-corrected chi connectivity index (χ1v) is 28.7. The van der Waals surface area contributed by atoms with Crippen LogP contribution in [0.3, 0.4) is 0 Å². The third kappa shape index (κ3) is 51.1. The van der Waals surface area contributed by atoms with E-state index < -0.39 is 6.10 Å². The fourth-order valence-electron chi connectivity index (χ4n) is 8.68. The second-order valence-electron chi connectivity index (χ2n) is 19.6. The lowest BCUT2D eigenvalue weighted by molar-refractivity contribution is -0.167. The Kier molecular flexibility index (Phi) is 52.2. The molecule has 0 saturated heterocycles. The van der Waals surface area contributed by atoms with E-state index in [2.05, 4.69) is 32.9 Å². The lowest BCUT2D eigenvalue weighted by atomic mass is 10.0. The van der Waals surface area contributed by atoms with Crippen LogP contribution in [0.4, 0.5) is 0 Å². The molecule has 0 aliphatic heterocycles. The predicted octanol–water partition coefficient (Wildman–Crippen LogP) is 18.9. The molecule has 1 unspecified atom stereocenters. The summed E-state index contributed by atoms with van der Waals surface area (Å²) in [5.41, 5.74) is 0. The fourth-order valence-corrected chi connectivity index (χ4v) is 8.68. The molecule has 64 heavy (non-hydrogen) atoms. The van der Waals surface area contributed by atoms with E-state index in [1.54, 1.807) is 0 Å². The summed E-state index contributed by atoms with van der Waals surface area (Å²) in [6.45, 7) is 6.57. The van der Waals surface area contributed by atoms with Crippen molar-refractivity contribution in [2.45, 2.75) is 329 Å². The van der Waals surface area contributed by atoms with Gasteiger partial charge in [-0.2, -0.15) is 0 Å². The zero-order chi connectivity index (χ0) is 46.5. The maximum atomic E-state index is 12.7. The van der Waals surface area contributed by atoms with Gasteiger partial charge >= 0.3 is 17.9 Å². The van der Waals surface area contributed by atoms with Gasteiger partial charge in [-0.05, 0) is 38.5 Å². The Morgan fingerprint density at radius 3 is 0.844 bits per heavy atom. The SMILES string of the molecule is CCC/C=C\CCCCCCCC(=O)OC(COC(=O)CCCCCCCCC)COC(=O)CCCCCCCCCCCCCCCCCCCCCCCCCCCCCCC. The summed E-state index contributed by atoms with van der Waals surface area (Å²) in [5.74, 6) is -0.871. The molecular weight excluding hydrogens is 793 g/mol. The molecule has 0 amide bonds. The summed E-state index contributed by atoms with van der Waals surface area (Å²) < 4.78 is 16.7. The molecule has 0 aromatic rings. The van der Waals surface area contributed by atoms with Crippen LogP contribution in [0.2, 0.25) is 0 Å². The van der Waals surface area contributed by atoms with Crippen molar-refractivity contribution >= 4 is 17.9 Å². The molecule has 0 spiro atoms. The Bertz CT molecular complexity index is 993. The summed E-state index contributed by atoms with van der Waals surface area (Å²) in [5, 5.41) is 0. The molecule has 0 aliphatic rings. The molecular formula is C58H110O6. The van der Waals surface area contributed by atoms with E-state index in [4.69, 9.17) is 14.2 Å². The van der Waals surface area contributed by atoms with Crippen LogP contribution in [0.15, 0.2) is 12.2 Å². The van der Waals surface area contributed by atoms with Gasteiger partial charge < -0.3 is 14.2 Å². The van der Waals surface area contributed by atoms with Crippen LogP contribution < -0.4 is 0 Å². The molecule has 0 rings (SSSR count). The quantitative estimate of drug-likeness (QED) is 0.0262. The summed E-state index contributed by atoms with van der Waals surface area (Å²) >= 11 is 0. The molecule has 0 radical (unpaired) electrons. The van der Waals surface area contributed by atoms with Gasteiger partial charge in [-0.15, -0.1) is 0 Å². The van der Waals surface area contributed by atoms with Gasteiger partial charge in [-0.3, -0.25) is 14.4 Å². The Morgan fingerprint density at radius 1 is 0.297 bits per heavy atom. The highest BCUT2D eigenvalue weighted by Crippen LogP contribution is 2.18. The maximum Gasteiger partial charge on any atom is 0.306 e. The number of carbonyl (C=O) groups excluding carboxylic acids is 3. The molecule has 0 aromatic carbocycles. The minimum absolute atomic E-state index is 0.0691. The minimum Gasteiger partial charge on any atom is -0.462 e. The molecule has 0 aliphatic carbocycles.